The van der Waals surface area contributed by atoms with Crippen molar-refractivity contribution in [1.29, 1.82) is 0 Å². The number of rotatable bonds is 5. The fourth-order valence-corrected chi connectivity index (χ4v) is 4.02. The molecule has 0 spiro atoms. The molecule has 0 aliphatic heterocycles. The molecule has 2 N–H and O–H groups in total. The van der Waals surface area contributed by atoms with Crippen LogP contribution in [0.25, 0.3) is 0 Å². The molecule has 0 amide bonds. The maximum Gasteiger partial charge on any atom is 0.421 e. The monoisotopic (exact) mass is 426 g/mol. The maximum absolute atomic E-state index is 13.6. The average Bonchev–Trinajstić information content (AvgIpc) is 2.76. The molecule has 0 atom stereocenters. The molecule has 7 heteroatoms. The number of para-hydroxylation sites is 1. The van der Waals surface area contributed by atoms with E-state index in [1.807, 2.05) is 43.3 Å². The van der Waals surface area contributed by atoms with Crippen molar-refractivity contribution in [2.45, 2.75) is 51.1 Å². The molecule has 2 aromatic carbocycles. The number of nitrogens with one attached hydrogen (secondary N) is 2. The minimum absolute atomic E-state index is 0.105. The Balaban J connectivity index is 1.63. The number of halogens is 3. The third-order valence-corrected chi connectivity index (χ3v) is 5.71. The molecule has 1 heterocycles. The van der Waals surface area contributed by atoms with Gasteiger partial charge in [-0.15, -0.1) is 0 Å². The van der Waals surface area contributed by atoms with E-state index >= 15 is 0 Å². The Kier molecular flexibility index (Phi) is 6.11. The Morgan fingerprint density at radius 1 is 0.935 bits per heavy atom. The predicted octanol–water partition coefficient (Wildman–Crippen LogP) is 7.34. The summed E-state index contributed by atoms with van der Waals surface area (Å²) in [6.07, 6.45) is 2.14. The zero-order valence-corrected chi connectivity index (χ0v) is 17.3. The van der Waals surface area contributed by atoms with E-state index in [0.29, 0.717) is 11.6 Å². The second kappa shape index (κ2) is 8.96. The second-order valence-corrected chi connectivity index (χ2v) is 7.98. The minimum atomic E-state index is -4.56. The van der Waals surface area contributed by atoms with Crippen LogP contribution in [0, 0.1) is 6.92 Å². The van der Waals surface area contributed by atoms with E-state index < -0.39 is 11.7 Å². The largest absolute Gasteiger partial charge is 0.421 e. The summed E-state index contributed by atoms with van der Waals surface area (Å²) in [6, 6.07) is 15.1. The van der Waals surface area contributed by atoms with E-state index in [0.717, 1.165) is 35.9 Å². The number of benzene rings is 2. The highest BCUT2D eigenvalue weighted by Gasteiger charge is 2.35. The molecule has 0 unspecified atom stereocenters. The molecule has 4 nitrogen and oxygen atoms in total. The second-order valence-electron chi connectivity index (χ2n) is 7.98. The van der Waals surface area contributed by atoms with Gasteiger partial charge in [0.1, 0.15) is 11.4 Å². The summed E-state index contributed by atoms with van der Waals surface area (Å²) in [4.78, 5) is 8.05. The smallest absolute Gasteiger partial charge is 0.340 e. The highest BCUT2D eigenvalue weighted by Crippen LogP contribution is 2.37. The highest BCUT2D eigenvalue weighted by molar-refractivity contribution is 5.64. The Hall–Kier alpha value is -3.09. The first kappa shape index (κ1) is 21.2. The van der Waals surface area contributed by atoms with Gasteiger partial charge < -0.3 is 10.6 Å². The lowest BCUT2D eigenvalue weighted by molar-refractivity contribution is -0.137. The van der Waals surface area contributed by atoms with E-state index in [-0.39, 0.29) is 11.8 Å². The third-order valence-electron chi connectivity index (χ3n) is 5.71. The van der Waals surface area contributed by atoms with Crippen LogP contribution in [0.1, 0.15) is 54.7 Å². The molecule has 1 aliphatic carbocycles. The molecular weight excluding hydrogens is 401 g/mol. The van der Waals surface area contributed by atoms with Crippen molar-refractivity contribution in [3.05, 3.63) is 71.4 Å². The number of hydrogen-bond acceptors (Lipinski definition) is 4. The SMILES string of the molecule is Cc1ccccc1Nc1ncc(C(F)(F)F)c(Nc2cccc(C3CCCCC3)c2)n1. The van der Waals surface area contributed by atoms with Crippen LogP contribution in [0.15, 0.2) is 54.7 Å². The van der Waals surface area contributed by atoms with Crippen molar-refractivity contribution in [2.75, 3.05) is 10.6 Å². The van der Waals surface area contributed by atoms with Crippen LogP contribution in [0.3, 0.4) is 0 Å². The highest BCUT2D eigenvalue weighted by atomic mass is 19.4. The first-order valence-corrected chi connectivity index (χ1v) is 10.5. The molecule has 31 heavy (non-hydrogen) atoms. The fraction of sp³-hybridized carbons (Fsp3) is 0.333. The summed E-state index contributed by atoms with van der Waals surface area (Å²) in [7, 11) is 0. The Bertz CT molecular complexity index is 1040. The van der Waals surface area contributed by atoms with Crippen LogP contribution in [-0.2, 0) is 6.18 Å². The number of aryl methyl sites for hydroxylation is 1. The van der Waals surface area contributed by atoms with Gasteiger partial charge in [-0.1, -0.05) is 49.6 Å². The van der Waals surface area contributed by atoms with Crippen molar-refractivity contribution < 1.29 is 13.2 Å². The van der Waals surface area contributed by atoms with Gasteiger partial charge in [-0.25, -0.2) is 4.98 Å². The van der Waals surface area contributed by atoms with E-state index in [1.165, 1.54) is 19.3 Å². The summed E-state index contributed by atoms with van der Waals surface area (Å²) < 4.78 is 40.8. The minimum Gasteiger partial charge on any atom is -0.340 e. The molecule has 1 saturated carbocycles. The topological polar surface area (TPSA) is 49.8 Å². The van der Waals surface area contributed by atoms with Crippen molar-refractivity contribution in [3.63, 3.8) is 0 Å². The number of hydrogen-bond donors (Lipinski definition) is 2. The Labute approximate surface area is 179 Å². The molecule has 1 aromatic heterocycles. The van der Waals surface area contributed by atoms with Gasteiger partial charge in [0.25, 0.3) is 0 Å². The number of anilines is 4. The lowest BCUT2D eigenvalue weighted by Gasteiger charge is -2.22. The standard InChI is InChI=1S/C24H25F3N4/c1-16-8-5-6-13-21(16)30-23-28-15-20(24(25,26)27)22(31-23)29-19-12-7-11-18(14-19)17-9-3-2-4-10-17/h5-8,11-15,17H,2-4,9-10H2,1H3,(H2,28,29,30,31). The number of aromatic nitrogens is 2. The molecule has 3 aromatic rings. The number of alkyl halides is 3. The third kappa shape index (κ3) is 5.16. The number of nitrogens with zero attached hydrogens (tertiary/aromatic N) is 2. The van der Waals surface area contributed by atoms with Crippen LogP contribution in [0.2, 0.25) is 0 Å². The first-order chi connectivity index (χ1) is 14.9. The predicted molar refractivity (Wildman–Crippen MR) is 117 cm³/mol. The van der Waals surface area contributed by atoms with Crippen molar-refractivity contribution in [3.8, 4) is 0 Å². The van der Waals surface area contributed by atoms with Gasteiger partial charge in [0.15, 0.2) is 0 Å². The van der Waals surface area contributed by atoms with Crippen LogP contribution in [0.5, 0.6) is 0 Å². The van der Waals surface area contributed by atoms with E-state index in [9.17, 15) is 13.2 Å². The van der Waals surface area contributed by atoms with E-state index in [4.69, 9.17) is 0 Å². The molecule has 0 radical (unpaired) electrons. The Morgan fingerprint density at radius 3 is 2.45 bits per heavy atom. The normalized spacial score (nSPS) is 15.0. The molecule has 162 valence electrons. The van der Waals surface area contributed by atoms with Gasteiger partial charge in [0.05, 0.1) is 0 Å². The van der Waals surface area contributed by atoms with Gasteiger partial charge in [0.2, 0.25) is 5.95 Å². The maximum atomic E-state index is 13.6. The summed E-state index contributed by atoms with van der Waals surface area (Å²) in [5, 5.41) is 5.90. The zero-order valence-electron chi connectivity index (χ0n) is 17.3. The van der Waals surface area contributed by atoms with Gasteiger partial charge >= 0.3 is 6.18 Å². The van der Waals surface area contributed by atoms with Gasteiger partial charge in [0, 0.05) is 17.6 Å². The molecular formula is C24H25F3N4. The zero-order chi connectivity index (χ0) is 21.8. The van der Waals surface area contributed by atoms with Crippen LogP contribution < -0.4 is 10.6 Å². The van der Waals surface area contributed by atoms with Gasteiger partial charge in [-0.3, -0.25) is 0 Å². The van der Waals surface area contributed by atoms with Gasteiger partial charge in [-0.2, -0.15) is 18.2 Å². The first-order valence-electron chi connectivity index (χ1n) is 10.5. The summed E-state index contributed by atoms with van der Waals surface area (Å²) in [5.41, 5.74) is 2.54. The van der Waals surface area contributed by atoms with E-state index in [1.54, 1.807) is 6.07 Å². The Morgan fingerprint density at radius 2 is 1.71 bits per heavy atom. The van der Waals surface area contributed by atoms with Crippen LogP contribution in [0.4, 0.5) is 36.3 Å². The van der Waals surface area contributed by atoms with Gasteiger partial charge in [-0.05, 0) is 55.0 Å². The van der Waals surface area contributed by atoms with Crippen molar-refractivity contribution >= 4 is 23.1 Å². The quantitative estimate of drug-likeness (QED) is 0.448. The molecule has 4 rings (SSSR count). The molecule has 1 fully saturated rings. The summed E-state index contributed by atoms with van der Waals surface area (Å²) in [5.74, 6) is 0.300. The average molecular weight is 426 g/mol. The molecule has 0 bridgehead atoms. The summed E-state index contributed by atoms with van der Waals surface area (Å²) >= 11 is 0. The van der Waals surface area contributed by atoms with E-state index in [2.05, 4.69) is 26.7 Å². The fourth-order valence-electron chi connectivity index (χ4n) is 4.02. The lowest BCUT2D eigenvalue weighted by Crippen LogP contribution is -2.13. The van der Waals surface area contributed by atoms with Crippen molar-refractivity contribution in [2.24, 2.45) is 0 Å². The lowest BCUT2D eigenvalue weighted by atomic mass is 9.84. The van der Waals surface area contributed by atoms with Crippen LogP contribution in [-0.4, -0.2) is 9.97 Å². The molecule has 0 saturated heterocycles. The van der Waals surface area contributed by atoms with Crippen molar-refractivity contribution in [1.82, 2.24) is 9.97 Å². The molecule has 1 aliphatic rings. The summed E-state index contributed by atoms with van der Waals surface area (Å²) in [6.45, 7) is 1.91. The van der Waals surface area contributed by atoms with Crippen LogP contribution >= 0.6 is 0 Å².